The third kappa shape index (κ3) is 39.2. The fraction of sp³-hybridized carbons (Fsp3) is 1.00. The summed E-state index contributed by atoms with van der Waals surface area (Å²) in [4.78, 5) is 10.2. The van der Waals surface area contributed by atoms with Crippen molar-refractivity contribution in [3.05, 3.63) is 0 Å². The molecule has 0 aliphatic carbocycles. The molecule has 290 valence electrons. The largest absolute Gasteiger partial charge is 0.379 e. The maximum absolute atomic E-state index is 10.2. The van der Waals surface area contributed by atoms with Crippen molar-refractivity contribution in [1.82, 2.24) is 0 Å². The molecule has 0 aromatic carbocycles. The van der Waals surface area contributed by atoms with Crippen molar-refractivity contribution < 1.29 is 23.4 Å². The summed E-state index contributed by atoms with van der Waals surface area (Å²) in [6.45, 7) is 5.65. The Labute approximate surface area is 306 Å². The molecule has 0 saturated carbocycles. The number of hydrogen-bond donors (Lipinski definition) is 1. The molecule has 0 aliphatic heterocycles. The van der Waals surface area contributed by atoms with Crippen molar-refractivity contribution in [2.75, 3.05) is 33.0 Å². The minimum Gasteiger partial charge on any atom is -0.379 e. The molecule has 0 spiro atoms. The number of hydrogen-bond acceptors (Lipinski definition) is 5. The molecule has 0 amide bonds. The van der Waals surface area contributed by atoms with Gasteiger partial charge in [-0.3, -0.25) is 0 Å². The van der Waals surface area contributed by atoms with Gasteiger partial charge in [0.1, 0.15) is 6.10 Å². The van der Waals surface area contributed by atoms with E-state index in [1.54, 1.807) is 0 Å². The average Bonchev–Trinajstić information content (AvgIpc) is 3.07. The molecule has 0 fully saturated rings. The highest BCUT2D eigenvalue weighted by Gasteiger charge is 2.19. The second-order valence-electron chi connectivity index (χ2n) is 14.4. The van der Waals surface area contributed by atoms with E-state index in [-0.39, 0.29) is 12.7 Å². The Balaban J connectivity index is 3.78. The molecule has 0 aromatic heterocycles. The lowest BCUT2D eigenvalue weighted by atomic mass is 10.0. The summed E-state index contributed by atoms with van der Waals surface area (Å²) in [5, 5.41) is 0. The van der Waals surface area contributed by atoms with Gasteiger partial charge < -0.3 is 23.4 Å². The fourth-order valence-corrected chi connectivity index (χ4v) is 7.64. The molecule has 0 radical (unpaired) electrons. The van der Waals surface area contributed by atoms with Crippen LogP contribution in [0.4, 0.5) is 0 Å². The summed E-state index contributed by atoms with van der Waals surface area (Å²) in [5.74, 6) is 0. The number of rotatable bonds is 42. The second-order valence-corrected chi connectivity index (χ2v) is 17.2. The molecule has 48 heavy (non-hydrogen) atoms. The van der Waals surface area contributed by atoms with Gasteiger partial charge in [-0.05, 0) is 31.6 Å². The van der Waals surface area contributed by atoms with Crippen molar-refractivity contribution in [2.45, 2.75) is 232 Å². The van der Waals surface area contributed by atoms with Gasteiger partial charge in [-0.2, -0.15) is 0 Å². The summed E-state index contributed by atoms with van der Waals surface area (Å²) in [6.07, 6.45) is 43.5. The monoisotopic (exact) mass is 721 g/mol. The van der Waals surface area contributed by atoms with E-state index in [4.69, 9.17) is 30.3 Å². The Morgan fingerprint density at radius 1 is 0.417 bits per heavy atom. The van der Waals surface area contributed by atoms with Crippen LogP contribution in [-0.4, -0.2) is 44.0 Å². The molecular weight excluding hydrogens is 635 g/mol. The number of ether oxygens (including phenoxy) is 2. The van der Waals surface area contributed by atoms with Gasteiger partial charge in [0.2, 0.25) is 0 Å². The molecule has 7 heteroatoms. The molecule has 0 rings (SSSR count). The van der Waals surface area contributed by atoms with E-state index >= 15 is 0 Å². The van der Waals surface area contributed by atoms with Crippen LogP contribution in [-0.2, 0) is 30.3 Å². The van der Waals surface area contributed by atoms with Gasteiger partial charge in [0, 0.05) is 13.2 Å². The van der Waals surface area contributed by atoms with Gasteiger partial charge in [0.25, 0.3) is 0 Å². The summed E-state index contributed by atoms with van der Waals surface area (Å²) in [7, 11) is 0. The van der Waals surface area contributed by atoms with Gasteiger partial charge in [0.05, 0.1) is 19.8 Å². The molecule has 2 atom stereocenters. The Hall–Kier alpha value is 0.450. The van der Waals surface area contributed by atoms with Gasteiger partial charge in [-0.1, -0.05) is 206 Å². The van der Waals surface area contributed by atoms with Crippen LogP contribution >= 0.6 is 6.72 Å². The molecule has 5 nitrogen and oxygen atoms in total. The standard InChI is InChI=1S/C41H85O5PS/c1-4-7-9-11-13-15-17-19-21-23-25-27-29-31-33-35-37-43-39-41(40-46-47(42,48)45-6-3)44-38-36-34-32-30-28-26-24-22-20-18-16-14-12-10-8-5-2/h41H,4-40H2,1-3H3,(H,42,48). The van der Waals surface area contributed by atoms with Crippen LogP contribution < -0.4 is 0 Å². The second kappa shape index (κ2) is 40.2. The molecule has 2 unspecified atom stereocenters. The Kier molecular flexibility index (Phi) is 40.6. The SMILES string of the molecule is CCCCCCCCCCCCCCCCCCOCC(COP(O)(=S)OCC)OCCCCCCCCCCCCCCCCCC. The molecule has 1 N–H and O–H groups in total. The predicted octanol–water partition coefficient (Wildman–Crippen LogP) is 14.2. The van der Waals surface area contributed by atoms with Crippen LogP contribution in [0.3, 0.4) is 0 Å². The minimum absolute atomic E-state index is 0.214. The van der Waals surface area contributed by atoms with Crippen LogP contribution in [0.2, 0.25) is 0 Å². The lowest BCUT2D eigenvalue weighted by molar-refractivity contribution is -0.0415. The Bertz CT molecular complexity index is 652. The van der Waals surface area contributed by atoms with Crippen molar-refractivity contribution in [1.29, 1.82) is 0 Å². The third-order valence-corrected chi connectivity index (χ3v) is 11.2. The first-order valence-electron chi connectivity index (χ1n) is 21.4. The summed E-state index contributed by atoms with van der Waals surface area (Å²) >= 11 is 5.10. The summed E-state index contributed by atoms with van der Waals surface area (Å²) in [6, 6.07) is 0. The van der Waals surface area contributed by atoms with Gasteiger partial charge in [-0.25, -0.2) is 0 Å². The van der Waals surface area contributed by atoms with E-state index in [1.165, 1.54) is 193 Å². The normalized spacial score (nSPS) is 13.7. The van der Waals surface area contributed by atoms with Crippen molar-refractivity contribution in [2.24, 2.45) is 0 Å². The van der Waals surface area contributed by atoms with E-state index in [9.17, 15) is 4.89 Å². The first-order chi connectivity index (χ1) is 23.6. The first-order valence-corrected chi connectivity index (χ1v) is 24.0. The zero-order chi connectivity index (χ0) is 35.1. The fourth-order valence-electron chi connectivity index (χ4n) is 6.39. The van der Waals surface area contributed by atoms with Crippen LogP contribution in [0.25, 0.3) is 0 Å². The highest BCUT2D eigenvalue weighted by atomic mass is 32.5. The maximum Gasteiger partial charge on any atom is 0.324 e. The topological polar surface area (TPSA) is 57.2 Å². The minimum atomic E-state index is -3.20. The highest BCUT2D eigenvalue weighted by molar-refractivity contribution is 8.07. The predicted molar refractivity (Wildman–Crippen MR) is 214 cm³/mol. The van der Waals surface area contributed by atoms with E-state index in [0.717, 1.165) is 19.4 Å². The van der Waals surface area contributed by atoms with E-state index in [0.29, 0.717) is 19.8 Å². The maximum atomic E-state index is 10.2. The molecule has 0 aliphatic rings. The van der Waals surface area contributed by atoms with Crippen LogP contribution in [0.5, 0.6) is 0 Å². The summed E-state index contributed by atoms with van der Waals surface area (Å²) in [5.41, 5.74) is 0. The third-order valence-electron chi connectivity index (χ3n) is 9.51. The van der Waals surface area contributed by atoms with Crippen molar-refractivity contribution in [3.63, 3.8) is 0 Å². The molecule has 0 saturated heterocycles. The van der Waals surface area contributed by atoms with Gasteiger partial charge in [0.15, 0.2) is 0 Å². The van der Waals surface area contributed by atoms with Crippen LogP contribution in [0.1, 0.15) is 226 Å². The van der Waals surface area contributed by atoms with Crippen LogP contribution in [0, 0.1) is 0 Å². The smallest absolute Gasteiger partial charge is 0.324 e. The van der Waals surface area contributed by atoms with E-state index in [1.807, 2.05) is 6.92 Å². The molecule has 0 bridgehead atoms. The molecular formula is C41H85O5PS. The quantitative estimate of drug-likeness (QED) is 0.0500. The lowest BCUT2D eigenvalue weighted by Gasteiger charge is -2.21. The molecule has 0 heterocycles. The van der Waals surface area contributed by atoms with Gasteiger partial charge >= 0.3 is 6.72 Å². The lowest BCUT2D eigenvalue weighted by Crippen LogP contribution is -2.26. The number of unbranched alkanes of at least 4 members (excludes halogenated alkanes) is 30. The van der Waals surface area contributed by atoms with Crippen molar-refractivity contribution in [3.8, 4) is 0 Å². The Morgan fingerprint density at radius 3 is 1.06 bits per heavy atom. The average molecular weight is 721 g/mol. The van der Waals surface area contributed by atoms with Crippen LogP contribution in [0.15, 0.2) is 0 Å². The van der Waals surface area contributed by atoms with Gasteiger partial charge in [-0.15, -0.1) is 0 Å². The highest BCUT2D eigenvalue weighted by Crippen LogP contribution is 2.43. The zero-order valence-corrected chi connectivity index (χ0v) is 34.4. The first kappa shape index (κ1) is 48.5. The Morgan fingerprint density at radius 2 is 0.729 bits per heavy atom. The summed E-state index contributed by atoms with van der Waals surface area (Å²) < 4.78 is 22.9. The van der Waals surface area contributed by atoms with E-state index in [2.05, 4.69) is 13.8 Å². The van der Waals surface area contributed by atoms with Crippen molar-refractivity contribution >= 4 is 18.5 Å². The zero-order valence-electron chi connectivity index (χ0n) is 32.7. The molecule has 0 aromatic rings. The van der Waals surface area contributed by atoms with E-state index < -0.39 is 6.72 Å².